The van der Waals surface area contributed by atoms with Crippen molar-refractivity contribution in [3.63, 3.8) is 0 Å². The van der Waals surface area contributed by atoms with Crippen molar-refractivity contribution in [1.82, 2.24) is 15.2 Å². The molecule has 9 heteroatoms. The Balaban J connectivity index is 1.44. The highest BCUT2D eigenvalue weighted by atomic mass is 32.1. The fourth-order valence-electron chi connectivity index (χ4n) is 6.16. The van der Waals surface area contributed by atoms with Crippen LogP contribution in [0.25, 0.3) is 0 Å². The lowest BCUT2D eigenvalue weighted by molar-refractivity contribution is -0.142. The molecule has 3 aromatic carbocycles. The molecule has 8 nitrogen and oxygen atoms in total. The Labute approximate surface area is 275 Å². The number of pyridine rings is 1. The number of hydrogen-bond acceptors (Lipinski definition) is 6. The van der Waals surface area contributed by atoms with Crippen molar-refractivity contribution < 1.29 is 19.1 Å². The van der Waals surface area contributed by atoms with E-state index < -0.39 is 24.2 Å². The van der Waals surface area contributed by atoms with E-state index in [-0.39, 0.29) is 11.8 Å². The maximum absolute atomic E-state index is 14.2. The van der Waals surface area contributed by atoms with Gasteiger partial charge in [-0.05, 0) is 59.4 Å². The number of carbonyl (C=O) groups excluding carboxylic acids is 3. The standard InChI is InChI=1S/C37H38N4O4S/c1-5-28-15-9-11-24(2)33(28)34(46)39-31(37(44)45-4)21-26-16-18-30(19-17-26)41-35(29-13-7-6-8-14-29)40(25(3)42)32(36(41)43)22-27-12-10-20-38-23-27/h6-20,23,31-32,35H,5,21-22H2,1-4H3,(H,39,46)/t31-,32+,35+/m0/s1. The first kappa shape index (κ1) is 32.5. The van der Waals surface area contributed by atoms with Crippen LogP contribution in [0.3, 0.4) is 0 Å². The number of anilines is 1. The van der Waals surface area contributed by atoms with Crippen molar-refractivity contribution in [1.29, 1.82) is 0 Å². The van der Waals surface area contributed by atoms with E-state index in [9.17, 15) is 14.4 Å². The summed E-state index contributed by atoms with van der Waals surface area (Å²) < 4.78 is 5.13. The zero-order chi connectivity index (χ0) is 32.8. The number of carbonyl (C=O) groups is 3. The van der Waals surface area contributed by atoms with Crippen LogP contribution < -0.4 is 10.2 Å². The minimum Gasteiger partial charge on any atom is -0.467 e. The van der Waals surface area contributed by atoms with Crippen molar-refractivity contribution in [3.8, 4) is 0 Å². The maximum atomic E-state index is 14.2. The molecule has 0 aliphatic carbocycles. The number of esters is 1. The van der Waals surface area contributed by atoms with Crippen LogP contribution in [0.4, 0.5) is 5.69 Å². The van der Waals surface area contributed by atoms with Gasteiger partial charge in [0.05, 0.1) is 7.11 Å². The van der Waals surface area contributed by atoms with Crippen molar-refractivity contribution in [2.75, 3.05) is 12.0 Å². The third-order valence-electron chi connectivity index (χ3n) is 8.39. The van der Waals surface area contributed by atoms with Gasteiger partial charge in [0.15, 0.2) is 0 Å². The molecule has 0 bridgehead atoms. The Morgan fingerprint density at radius 1 is 0.978 bits per heavy atom. The molecule has 1 aliphatic heterocycles. The molecule has 1 aliphatic rings. The summed E-state index contributed by atoms with van der Waals surface area (Å²) in [6.07, 6.45) is 4.26. The third-order valence-corrected chi connectivity index (χ3v) is 8.71. The second-order valence-corrected chi connectivity index (χ2v) is 11.8. The van der Waals surface area contributed by atoms with Gasteiger partial charge < -0.3 is 15.0 Å². The minimum atomic E-state index is -0.713. The number of rotatable bonds is 10. The maximum Gasteiger partial charge on any atom is 0.328 e. The second kappa shape index (κ2) is 14.5. The average Bonchev–Trinajstić information content (AvgIpc) is 3.36. The number of methoxy groups -OCH3 is 1. The first-order valence-electron chi connectivity index (χ1n) is 15.3. The van der Waals surface area contributed by atoms with Crippen molar-refractivity contribution >= 4 is 40.7 Å². The SMILES string of the molecule is CCc1cccc(C)c1C(=S)N[C@@H](Cc1ccc(N2C(=O)[C@@H](Cc3cccnc3)N(C(C)=O)[C@H]2c2ccccc2)cc1)C(=O)OC. The summed E-state index contributed by atoms with van der Waals surface area (Å²) in [6, 6.07) is 25.4. The molecule has 1 aromatic heterocycles. The van der Waals surface area contributed by atoms with Crippen molar-refractivity contribution in [3.05, 3.63) is 131 Å². The van der Waals surface area contributed by atoms with Crippen LogP contribution in [0.2, 0.25) is 0 Å². The van der Waals surface area contributed by atoms with E-state index >= 15 is 0 Å². The van der Waals surface area contributed by atoms with Crippen LogP contribution in [-0.4, -0.2) is 51.8 Å². The summed E-state index contributed by atoms with van der Waals surface area (Å²) >= 11 is 5.78. The predicted molar refractivity (Wildman–Crippen MR) is 182 cm³/mol. The highest BCUT2D eigenvalue weighted by Crippen LogP contribution is 2.39. The molecule has 1 fully saturated rings. The molecule has 3 atom stereocenters. The normalized spacial score (nSPS) is 16.7. The fourth-order valence-corrected chi connectivity index (χ4v) is 6.59. The number of thiocarbonyl (C=S) groups is 1. The molecule has 46 heavy (non-hydrogen) atoms. The highest BCUT2D eigenvalue weighted by Gasteiger charge is 2.48. The predicted octanol–water partition coefficient (Wildman–Crippen LogP) is 5.51. The molecule has 0 saturated carbocycles. The minimum absolute atomic E-state index is 0.176. The van der Waals surface area contributed by atoms with Crippen LogP contribution in [-0.2, 0) is 38.4 Å². The smallest absolute Gasteiger partial charge is 0.328 e. The van der Waals surface area contributed by atoms with E-state index in [1.807, 2.05) is 91.9 Å². The number of aryl methyl sites for hydroxylation is 2. The van der Waals surface area contributed by atoms with Crippen LogP contribution in [0.15, 0.2) is 97.3 Å². The lowest BCUT2D eigenvalue weighted by Gasteiger charge is -2.31. The number of nitrogens with one attached hydrogen (secondary N) is 1. The van der Waals surface area contributed by atoms with Crippen LogP contribution in [0, 0.1) is 6.92 Å². The Hall–Kier alpha value is -4.89. The van der Waals surface area contributed by atoms with Crippen molar-refractivity contribution in [2.45, 2.75) is 58.3 Å². The van der Waals surface area contributed by atoms with Gasteiger partial charge in [-0.3, -0.25) is 19.5 Å². The topological polar surface area (TPSA) is 91.8 Å². The van der Waals surface area contributed by atoms with Gasteiger partial charge in [-0.25, -0.2) is 4.79 Å². The zero-order valence-electron chi connectivity index (χ0n) is 26.5. The molecule has 2 amide bonds. The van der Waals surface area contributed by atoms with Gasteiger partial charge in [-0.2, -0.15) is 0 Å². The fraction of sp³-hybridized carbons (Fsp3) is 0.270. The second-order valence-electron chi connectivity index (χ2n) is 11.4. The van der Waals surface area contributed by atoms with Gasteiger partial charge in [0.1, 0.15) is 23.2 Å². The van der Waals surface area contributed by atoms with E-state index in [2.05, 4.69) is 17.2 Å². The number of amides is 2. The Kier molecular flexibility index (Phi) is 10.2. The number of aromatic nitrogens is 1. The monoisotopic (exact) mass is 634 g/mol. The number of ether oxygens (including phenoxy) is 1. The largest absolute Gasteiger partial charge is 0.467 e. The van der Waals surface area contributed by atoms with Gasteiger partial charge >= 0.3 is 5.97 Å². The average molecular weight is 635 g/mol. The first-order chi connectivity index (χ1) is 22.2. The molecule has 4 aromatic rings. The van der Waals surface area contributed by atoms with Gasteiger partial charge in [0.25, 0.3) is 5.91 Å². The van der Waals surface area contributed by atoms with E-state index in [0.717, 1.165) is 39.8 Å². The summed E-state index contributed by atoms with van der Waals surface area (Å²) in [5.41, 5.74) is 6.27. The summed E-state index contributed by atoms with van der Waals surface area (Å²) in [5, 5.41) is 3.24. The van der Waals surface area contributed by atoms with Crippen molar-refractivity contribution in [2.24, 2.45) is 0 Å². The molecule has 1 saturated heterocycles. The quantitative estimate of drug-likeness (QED) is 0.182. The van der Waals surface area contributed by atoms with E-state index in [4.69, 9.17) is 17.0 Å². The van der Waals surface area contributed by atoms with Gasteiger partial charge in [-0.1, -0.05) is 85.9 Å². The number of hydrogen-bond donors (Lipinski definition) is 1. The summed E-state index contributed by atoms with van der Waals surface area (Å²) in [4.78, 5) is 48.2. The number of benzene rings is 3. The molecule has 1 N–H and O–H groups in total. The summed E-state index contributed by atoms with van der Waals surface area (Å²) in [7, 11) is 1.36. The highest BCUT2D eigenvalue weighted by molar-refractivity contribution is 7.80. The van der Waals surface area contributed by atoms with E-state index in [1.165, 1.54) is 14.0 Å². The molecular weight excluding hydrogens is 596 g/mol. The summed E-state index contributed by atoms with van der Waals surface area (Å²) in [5.74, 6) is -0.796. The third kappa shape index (κ3) is 6.84. The number of nitrogens with zero attached hydrogens (tertiary/aromatic N) is 3. The molecule has 2 heterocycles. The van der Waals surface area contributed by atoms with Crippen LogP contribution >= 0.6 is 12.2 Å². The lowest BCUT2D eigenvalue weighted by Crippen LogP contribution is -2.43. The van der Waals surface area contributed by atoms with Crippen LogP contribution in [0.1, 0.15) is 53.4 Å². The first-order valence-corrected chi connectivity index (χ1v) is 15.8. The molecule has 0 spiro atoms. The Morgan fingerprint density at radius 3 is 2.35 bits per heavy atom. The Morgan fingerprint density at radius 2 is 1.72 bits per heavy atom. The van der Waals surface area contributed by atoms with E-state index in [0.29, 0.717) is 23.5 Å². The van der Waals surface area contributed by atoms with Gasteiger partial charge in [-0.15, -0.1) is 0 Å². The lowest BCUT2D eigenvalue weighted by atomic mass is 9.99. The zero-order valence-corrected chi connectivity index (χ0v) is 27.3. The Bertz CT molecular complexity index is 1710. The van der Waals surface area contributed by atoms with E-state index in [1.54, 1.807) is 22.2 Å². The molecule has 5 rings (SSSR count). The summed E-state index contributed by atoms with van der Waals surface area (Å²) in [6.45, 7) is 5.58. The van der Waals surface area contributed by atoms with Crippen LogP contribution in [0.5, 0.6) is 0 Å². The molecular formula is C37H38N4O4S. The molecule has 0 radical (unpaired) electrons. The van der Waals surface area contributed by atoms with Gasteiger partial charge in [0.2, 0.25) is 5.91 Å². The van der Waals surface area contributed by atoms with Gasteiger partial charge in [0, 0.05) is 43.4 Å². The molecule has 236 valence electrons. The molecule has 0 unspecified atom stereocenters.